The van der Waals surface area contributed by atoms with Crippen LogP contribution < -0.4 is 4.90 Å². The van der Waals surface area contributed by atoms with Crippen molar-refractivity contribution in [2.45, 2.75) is 19.4 Å². The van der Waals surface area contributed by atoms with Crippen molar-refractivity contribution < 1.29 is 9.90 Å². The fraction of sp³-hybridized carbons (Fsp3) is 0.500. The first-order valence-corrected chi connectivity index (χ1v) is 6.61. The fourth-order valence-corrected chi connectivity index (χ4v) is 2.81. The van der Waals surface area contributed by atoms with Crippen LogP contribution in [0.1, 0.15) is 28.8 Å². The highest BCUT2D eigenvalue weighted by atomic mass is 32.1. The van der Waals surface area contributed by atoms with Crippen molar-refractivity contribution in [1.82, 2.24) is 24.4 Å². The molecule has 0 aliphatic carbocycles. The second kappa shape index (κ2) is 4.57. The maximum atomic E-state index is 10.8. The average Bonchev–Trinajstić information content (AvgIpc) is 3.07. The van der Waals surface area contributed by atoms with E-state index in [1.54, 1.807) is 4.68 Å². The molecule has 19 heavy (non-hydrogen) atoms. The van der Waals surface area contributed by atoms with Crippen LogP contribution in [0.2, 0.25) is 0 Å². The van der Waals surface area contributed by atoms with Crippen LogP contribution in [0, 0.1) is 6.92 Å². The lowest BCUT2D eigenvalue weighted by Crippen LogP contribution is -2.21. The molecule has 1 unspecified atom stereocenters. The molecular formula is C10H12N6O2S. The summed E-state index contributed by atoms with van der Waals surface area (Å²) in [5.74, 6) is -0.279. The molecular weight excluding hydrogens is 268 g/mol. The van der Waals surface area contributed by atoms with Crippen molar-refractivity contribution in [3.8, 4) is 0 Å². The van der Waals surface area contributed by atoms with Crippen LogP contribution in [0.5, 0.6) is 0 Å². The summed E-state index contributed by atoms with van der Waals surface area (Å²) in [5.41, 5.74) is -0.0230. The van der Waals surface area contributed by atoms with Gasteiger partial charge in [-0.3, -0.25) is 0 Å². The van der Waals surface area contributed by atoms with E-state index >= 15 is 0 Å². The molecule has 1 saturated heterocycles. The third kappa shape index (κ3) is 2.28. The van der Waals surface area contributed by atoms with Crippen LogP contribution in [-0.2, 0) is 0 Å². The highest BCUT2D eigenvalue weighted by molar-refractivity contribution is 7.09. The van der Waals surface area contributed by atoms with E-state index in [4.69, 9.17) is 5.11 Å². The zero-order valence-corrected chi connectivity index (χ0v) is 11.0. The van der Waals surface area contributed by atoms with Crippen molar-refractivity contribution in [2.24, 2.45) is 0 Å². The van der Waals surface area contributed by atoms with Gasteiger partial charge in [-0.05, 0) is 13.3 Å². The molecule has 3 heterocycles. The predicted molar refractivity (Wildman–Crippen MR) is 67.5 cm³/mol. The van der Waals surface area contributed by atoms with Crippen molar-refractivity contribution in [1.29, 1.82) is 0 Å². The Kier molecular flexibility index (Phi) is 2.90. The van der Waals surface area contributed by atoms with Gasteiger partial charge in [-0.15, -0.1) is 5.10 Å². The molecule has 0 spiro atoms. The van der Waals surface area contributed by atoms with Crippen LogP contribution in [-0.4, -0.2) is 48.5 Å². The molecule has 8 nitrogen and oxygen atoms in total. The fourth-order valence-electron chi connectivity index (χ4n) is 2.10. The number of nitrogens with zero attached hydrogens (tertiary/aromatic N) is 6. The largest absolute Gasteiger partial charge is 0.476 e. The maximum absolute atomic E-state index is 10.8. The Morgan fingerprint density at radius 2 is 2.42 bits per heavy atom. The first-order chi connectivity index (χ1) is 9.13. The highest BCUT2D eigenvalue weighted by Gasteiger charge is 2.27. The smallest absolute Gasteiger partial charge is 0.358 e. The molecule has 2 aromatic heterocycles. The van der Waals surface area contributed by atoms with Gasteiger partial charge in [-0.25, -0.2) is 14.5 Å². The van der Waals surface area contributed by atoms with Crippen LogP contribution in [0.15, 0.2) is 6.20 Å². The van der Waals surface area contributed by atoms with Crippen LogP contribution >= 0.6 is 11.5 Å². The van der Waals surface area contributed by atoms with E-state index in [2.05, 4.69) is 24.6 Å². The molecule has 1 fully saturated rings. The minimum atomic E-state index is -1.05. The lowest BCUT2D eigenvalue weighted by molar-refractivity contribution is 0.0690. The number of carbonyl (C=O) groups is 1. The number of hydrogen-bond acceptors (Lipinski definition) is 7. The van der Waals surface area contributed by atoms with Gasteiger partial charge in [-0.2, -0.15) is 4.37 Å². The van der Waals surface area contributed by atoms with Crippen molar-refractivity contribution in [3.05, 3.63) is 17.7 Å². The van der Waals surface area contributed by atoms with Gasteiger partial charge in [0.1, 0.15) is 5.82 Å². The Balaban J connectivity index is 1.73. The van der Waals surface area contributed by atoms with Crippen LogP contribution in [0.4, 0.5) is 5.13 Å². The van der Waals surface area contributed by atoms with E-state index in [-0.39, 0.29) is 11.7 Å². The van der Waals surface area contributed by atoms with Gasteiger partial charge in [0.05, 0.1) is 12.2 Å². The highest BCUT2D eigenvalue weighted by Crippen LogP contribution is 2.27. The number of anilines is 1. The van der Waals surface area contributed by atoms with Crippen molar-refractivity contribution in [3.63, 3.8) is 0 Å². The third-order valence-electron chi connectivity index (χ3n) is 3.05. The van der Waals surface area contributed by atoms with E-state index in [1.165, 1.54) is 17.7 Å². The number of carboxylic acid groups (broad SMARTS) is 1. The Bertz CT molecular complexity index is 609. The zero-order chi connectivity index (χ0) is 13.4. The summed E-state index contributed by atoms with van der Waals surface area (Å²) >= 11 is 1.38. The van der Waals surface area contributed by atoms with Crippen molar-refractivity contribution >= 4 is 22.6 Å². The van der Waals surface area contributed by atoms with Gasteiger partial charge in [0, 0.05) is 24.6 Å². The Hall–Kier alpha value is -2.03. The summed E-state index contributed by atoms with van der Waals surface area (Å²) in [6.45, 7) is 3.47. The summed E-state index contributed by atoms with van der Waals surface area (Å²) in [5, 5.41) is 17.2. The lowest BCUT2D eigenvalue weighted by atomic mass is 10.3. The number of hydrogen-bond donors (Lipinski definition) is 1. The van der Waals surface area contributed by atoms with Gasteiger partial charge in [0.25, 0.3) is 0 Å². The number of rotatable bonds is 3. The molecule has 3 rings (SSSR count). The maximum Gasteiger partial charge on any atom is 0.358 e. The molecule has 1 aliphatic rings. The summed E-state index contributed by atoms with van der Waals surface area (Å²) in [7, 11) is 0. The van der Waals surface area contributed by atoms with Gasteiger partial charge < -0.3 is 10.0 Å². The molecule has 1 N–H and O–H groups in total. The lowest BCUT2D eigenvalue weighted by Gasteiger charge is -2.13. The molecule has 0 saturated carbocycles. The van der Waals surface area contributed by atoms with E-state index in [9.17, 15) is 4.79 Å². The van der Waals surface area contributed by atoms with Gasteiger partial charge in [0.15, 0.2) is 5.69 Å². The Morgan fingerprint density at radius 3 is 3.05 bits per heavy atom. The summed E-state index contributed by atoms with van der Waals surface area (Å²) in [6, 6.07) is 0.129. The molecule has 2 aromatic rings. The normalized spacial score (nSPS) is 19.0. The monoisotopic (exact) mass is 280 g/mol. The van der Waals surface area contributed by atoms with E-state index in [0.717, 1.165) is 30.5 Å². The van der Waals surface area contributed by atoms with Crippen LogP contribution in [0.25, 0.3) is 0 Å². The second-order valence-corrected chi connectivity index (χ2v) is 5.13. The standard InChI is InChI=1S/C10H12N6O2S/c1-6-11-10(19-13-6)15-3-2-7(4-15)16-5-8(9(17)18)12-14-16/h5,7H,2-4H2,1H3,(H,17,18). The Morgan fingerprint density at radius 1 is 1.58 bits per heavy atom. The number of carboxylic acids is 1. The second-order valence-electron chi connectivity index (χ2n) is 4.40. The first-order valence-electron chi connectivity index (χ1n) is 5.84. The van der Waals surface area contributed by atoms with E-state index < -0.39 is 5.97 Å². The topological polar surface area (TPSA) is 97.0 Å². The molecule has 0 amide bonds. The number of aromatic carboxylic acids is 1. The predicted octanol–water partition coefficient (Wildman–Crippen LogP) is 0.588. The quantitative estimate of drug-likeness (QED) is 0.878. The molecule has 9 heteroatoms. The minimum Gasteiger partial charge on any atom is -0.476 e. The summed E-state index contributed by atoms with van der Waals surface area (Å²) in [6.07, 6.45) is 2.36. The van der Waals surface area contributed by atoms with Crippen molar-refractivity contribution in [2.75, 3.05) is 18.0 Å². The molecule has 1 atom stereocenters. The number of aromatic nitrogens is 5. The number of aryl methyl sites for hydroxylation is 1. The van der Waals surface area contributed by atoms with Gasteiger partial charge in [0.2, 0.25) is 5.13 Å². The van der Waals surface area contributed by atoms with E-state index in [1.807, 2.05) is 6.92 Å². The first kappa shape index (κ1) is 12.0. The van der Waals surface area contributed by atoms with Crippen LogP contribution in [0.3, 0.4) is 0 Å². The van der Waals surface area contributed by atoms with Gasteiger partial charge >= 0.3 is 5.97 Å². The molecule has 1 aliphatic heterocycles. The summed E-state index contributed by atoms with van der Waals surface area (Å²) in [4.78, 5) is 17.3. The molecule has 0 aromatic carbocycles. The third-order valence-corrected chi connectivity index (χ3v) is 3.92. The SMILES string of the molecule is Cc1nsc(N2CCC(n3cc(C(=O)O)nn3)C2)n1. The Labute approximate surface area is 112 Å². The molecule has 0 radical (unpaired) electrons. The average molecular weight is 280 g/mol. The molecule has 0 bridgehead atoms. The molecule has 100 valence electrons. The van der Waals surface area contributed by atoms with E-state index in [0.29, 0.717) is 0 Å². The summed E-state index contributed by atoms with van der Waals surface area (Å²) < 4.78 is 5.79. The zero-order valence-electron chi connectivity index (χ0n) is 10.2. The minimum absolute atomic E-state index is 0.0230. The van der Waals surface area contributed by atoms with Gasteiger partial charge in [-0.1, -0.05) is 5.21 Å².